The molecule has 0 atom stereocenters. The summed E-state index contributed by atoms with van der Waals surface area (Å²) in [7, 11) is 0. The number of fused-ring (bicyclic) bond motifs is 3. The Morgan fingerprint density at radius 1 is 1.17 bits per heavy atom. The minimum atomic E-state index is 0.206. The van der Waals surface area contributed by atoms with Crippen molar-refractivity contribution >= 4 is 17.2 Å². The molecule has 0 bridgehead atoms. The highest BCUT2D eigenvalue weighted by Gasteiger charge is 2.26. The fraction of sp³-hybridized carbons (Fsp3) is 0.421. The van der Waals surface area contributed by atoms with Gasteiger partial charge in [0.05, 0.1) is 4.88 Å². The maximum absolute atomic E-state index is 12.8. The zero-order chi connectivity index (χ0) is 15.8. The van der Waals surface area contributed by atoms with Crippen molar-refractivity contribution in [2.45, 2.75) is 25.7 Å². The van der Waals surface area contributed by atoms with E-state index in [9.17, 15) is 4.79 Å². The summed E-state index contributed by atoms with van der Waals surface area (Å²) in [6.07, 6.45) is 4.20. The van der Waals surface area contributed by atoms with Gasteiger partial charge in [-0.25, -0.2) is 0 Å². The maximum atomic E-state index is 12.8. The van der Waals surface area contributed by atoms with Crippen LogP contribution in [0.15, 0.2) is 30.3 Å². The number of hydrogen-bond acceptors (Lipinski definition) is 3. The molecule has 2 heterocycles. The van der Waals surface area contributed by atoms with Gasteiger partial charge in [0.1, 0.15) is 0 Å². The summed E-state index contributed by atoms with van der Waals surface area (Å²) in [5.41, 5.74) is 9.81. The molecule has 1 aliphatic heterocycles. The summed E-state index contributed by atoms with van der Waals surface area (Å²) in [6.45, 7) is 2.44. The molecule has 120 valence electrons. The number of aryl methyl sites for hydroxylation is 2. The Bertz CT molecular complexity index is 729. The van der Waals surface area contributed by atoms with Crippen LogP contribution in [0.5, 0.6) is 0 Å². The molecule has 0 spiro atoms. The zero-order valence-electron chi connectivity index (χ0n) is 13.3. The molecule has 1 saturated heterocycles. The number of piperidine rings is 1. The van der Waals surface area contributed by atoms with Crippen molar-refractivity contribution in [2.24, 2.45) is 11.7 Å². The van der Waals surface area contributed by atoms with E-state index in [2.05, 4.69) is 30.3 Å². The number of nitrogens with two attached hydrogens (primary N) is 1. The molecule has 0 unspecified atom stereocenters. The molecule has 4 heteroatoms. The minimum absolute atomic E-state index is 0.206. The predicted molar refractivity (Wildman–Crippen MR) is 94.8 cm³/mol. The second-order valence-electron chi connectivity index (χ2n) is 6.59. The predicted octanol–water partition coefficient (Wildman–Crippen LogP) is 3.32. The Morgan fingerprint density at radius 2 is 1.91 bits per heavy atom. The molecule has 2 aromatic rings. The zero-order valence-corrected chi connectivity index (χ0v) is 14.1. The van der Waals surface area contributed by atoms with Crippen LogP contribution in [0.1, 0.15) is 33.6 Å². The summed E-state index contributed by atoms with van der Waals surface area (Å²) in [4.78, 5) is 17.0. The lowest BCUT2D eigenvalue weighted by Gasteiger charge is -2.31. The lowest BCUT2D eigenvalue weighted by Crippen LogP contribution is -2.39. The minimum Gasteiger partial charge on any atom is -0.338 e. The van der Waals surface area contributed by atoms with E-state index < -0.39 is 0 Å². The van der Waals surface area contributed by atoms with Gasteiger partial charge in [-0.05, 0) is 60.9 Å². The molecular formula is C19H22N2OS. The molecule has 2 aliphatic rings. The number of carbonyl (C=O) groups is 1. The molecule has 1 amide bonds. The second-order valence-corrected chi connectivity index (χ2v) is 7.65. The van der Waals surface area contributed by atoms with E-state index in [0.717, 1.165) is 50.2 Å². The highest BCUT2D eigenvalue weighted by Crippen LogP contribution is 2.40. The van der Waals surface area contributed by atoms with Gasteiger partial charge in [-0.2, -0.15) is 0 Å². The number of amides is 1. The summed E-state index contributed by atoms with van der Waals surface area (Å²) >= 11 is 1.67. The summed E-state index contributed by atoms with van der Waals surface area (Å²) in [6, 6.07) is 10.7. The molecule has 0 saturated carbocycles. The van der Waals surface area contributed by atoms with Crippen LogP contribution in [-0.2, 0) is 12.8 Å². The van der Waals surface area contributed by atoms with Crippen LogP contribution in [0.2, 0.25) is 0 Å². The van der Waals surface area contributed by atoms with E-state index in [1.807, 2.05) is 4.90 Å². The van der Waals surface area contributed by atoms with Crippen LogP contribution in [-0.4, -0.2) is 30.4 Å². The van der Waals surface area contributed by atoms with Gasteiger partial charge in [0, 0.05) is 18.0 Å². The summed E-state index contributed by atoms with van der Waals surface area (Å²) in [5.74, 6) is 0.792. The molecule has 4 rings (SSSR count). The number of nitrogens with zero attached hydrogens (tertiary/aromatic N) is 1. The average molecular weight is 326 g/mol. The Labute approximate surface area is 141 Å². The van der Waals surface area contributed by atoms with Gasteiger partial charge in [0.2, 0.25) is 0 Å². The number of thiophene rings is 1. The third-order valence-electron chi connectivity index (χ3n) is 5.18. The third-order valence-corrected chi connectivity index (χ3v) is 6.38. The standard InChI is InChI=1S/C19H22N2OS/c20-12-13-7-9-21(10-8-13)19(22)17-11-15-6-5-14-3-1-2-4-16(14)18(15)23-17/h1-4,11,13H,5-10,12,20H2. The molecule has 1 aromatic carbocycles. The Balaban J connectivity index is 1.58. The van der Waals surface area contributed by atoms with Gasteiger partial charge in [0.15, 0.2) is 0 Å². The monoisotopic (exact) mass is 326 g/mol. The van der Waals surface area contributed by atoms with E-state index in [1.54, 1.807) is 11.3 Å². The van der Waals surface area contributed by atoms with E-state index >= 15 is 0 Å². The molecule has 1 aliphatic carbocycles. The fourth-order valence-electron chi connectivity index (χ4n) is 3.70. The average Bonchev–Trinajstić information content (AvgIpc) is 3.06. The largest absolute Gasteiger partial charge is 0.338 e. The summed E-state index contributed by atoms with van der Waals surface area (Å²) in [5, 5.41) is 0. The number of rotatable bonds is 2. The Morgan fingerprint density at radius 3 is 2.70 bits per heavy atom. The van der Waals surface area contributed by atoms with Crippen LogP contribution in [0.25, 0.3) is 10.4 Å². The van der Waals surface area contributed by atoms with Gasteiger partial charge in [-0.1, -0.05) is 24.3 Å². The second kappa shape index (κ2) is 6.10. The SMILES string of the molecule is NCC1CCN(C(=O)c2cc3c(s2)-c2ccccc2CC3)CC1. The van der Waals surface area contributed by atoms with Crippen LogP contribution >= 0.6 is 11.3 Å². The molecule has 3 nitrogen and oxygen atoms in total. The van der Waals surface area contributed by atoms with Gasteiger partial charge < -0.3 is 10.6 Å². The van der Waals surface area contributed by atoms with Crippen molar-refractivity contribution < 1.29 is 4.79 Å². The maximum Gasteiger partial charge on any atom is 0.263 e. The Kier molecular flexibility index (Phi) is 3.95. The number of carbonyl (C=O) groups excluding carboxylic acids is 1. The van der Waals surface area contributed by atoms with Crippen molar-refractivity contribution in [3.05, 3.63) is 46.3 Å². The Hall–Kier alpha value is -1.65. The fourth-order valence-corrected chi connectivity index (χ4v) is 4.94. The van der Waals surface area contributed by atoms with E-state index in [-0.39, 0.29) is 5.91 Å². The first kappa shape index (κ1) is 14.9. The lowest BCUT2D eigenvalue weighted by atomic mass is 9.91. The van der Waals surface area contributed by atoms with Gasteiger partial charge in [-0.15, -0.1) is 11.3 Å². The van der Waals surface area contributed by atoms with Crippen molar-refractivity contribution in [3.8, 4) is 10.4 Å². The normalized spacial score (nSPS) is 17.7. The van der Waals surface area contributed by atoms with Crippen molar-refractivity contribution in [2.75, 3.05) is 19.6 Å². The van der Waals surface area contributed by atoms with Crippen LogP contribution in [0.4, 0.5) is 0 Å². The van der Waals surface area contributed by atoms with Gasteiger partial charge >= 0.3 is 0 Å². The highest BCUT2D eigenvalue weighted by atomic mass is 32.1. The smallest absolute Gasteiger partial charge is 0.263 e. The van der Waals surface area contributed by atoms with E-state index in [4.69, 9.17) is 5.73 Å². The first-order valence-electron chi connectivity index (χ1n) is 8.46. The van der Waals surface area contributed by atoms with Crippen LogP contribution in [0.3, 0.4) is 0 Å². The van der Waals surface area contributed by atoms with Crippen LogP contribution in [0, 0.1) is 5.92 Å². The highest BCUT2D eigenvalue weighted by molar-refractivity contribution is 7.17. The molecule has 23 heavy (non-hydrogen) atoms. The molecule has 0 radical (unpaired) electrons. The van der Waals surface area contributed by atoms with Gasteiger partial charge in [0.25, 0.3) is 5.91 Å². The molecule has 1 fully saturated rings. The van der Waals surface area contributed by atoms with Crippen LogP contribution < -0.4 is 5.73 Å². The lowest BCUT2D eigenvalue weighted by molar-refractivity contribution is 0.0698. The number of likely N-dealkylation sites (tertiary alicyclic amines) is 1. The summed E-state index contributed by atoms with van der Waals surface area (Å²) < 4.78 is 0. The first-order chi connectivity index (χ1) is 11.3. The molecule has 2 N–H and O–H groups in total. The first-order valence-corrected chi connectivity index (χ1v) is 9.28. The number of hydrogen-bond donors (Lipinski definition) is 1. The number of benzene rings is 1. The van der Waals surface area contributed by atoms with Crippen molar-refractivity contribution in [1.82, 2.24) is 4.90 Å². The third kappa shape index (κ3) is 2.70. The quantitative estimate of drug-likeness (QED) is 0.920. The van der Waals surface area contributed by atoms with Crippen molar-refractivity contribution in [3.63, 3.8) is 0 Å². The topological polar surface area (TPSA) is 46.3 Å². The molecular weight excluding hydrogens is 304 g/mol. The van der Waals surface area contributed by atoms with E-state index in [1.165, 1.54) is 21.6 Å². The van der Waals surface area contributed by atoms with Crippen molar-refractivity contribution in [1.29, 1.82) is 0 Å². The van der Waals surface area contributed by atoms with E-state index in [0.29, 0.717) is 5.92 Å². The van der Waals surface area contributed by atoms with Gasteiger partial charge in [-0.3, -0.25) is 4.79 Å². The molecule has 1 aromatic heterocycles.